The second-order valence-corrected chi connectivity index (χ2v) is 7.94. The van der Waals surface area contributed by atoms with Gasteiger partial charge < -0.3 is 5.32 Å². The quantitative estimate of drug-likeness (QED) is 0.817. The average molecular weight is 384 g/mol. The number of nitrogens with zero attached hydrogens (tertiary/aromatic N) is 3. The van der Waals surface area contributed by atoms with Crippen LogP contribution in [0.5, 0.6) is 0 Å². The number of likely N-dealkylation sites (tertiary alicyclic amines) is 1. The van der Waals surface area contributed by atoms with Gasteiger partial charge >= 0.3 is 0 Å². The van der Waals surface area contributed by atoms with E-state index in [4.69, 9.17) is 0 Å². The van der Waals surface area contributed by atoms with E-state index >= 15 is 0 Å². The number of amides is 1. The summed E-state index contributed by atoms with van der Waals surface area (Å²) in [6, 6.07) is 6.32. The third-order valence-corrected chi connectivity index (χ3v) is 5.12. The zero-order valence-electron chi connectivity index (χ0n) is 16.9. The summed E-state index contributed by atoms with van der Waals surface area (Å²) in [7, 11) is 0. The largest absolute Gasteiger partial charge is 0.348 e. The first-order valence-electron chi connectivity index (χ1n) is 10.0. The van der Waals surface area contributed by atoms with Gasteiger partial charge in [-0.25, -0.2) is 14.4 Å². The smallest absolute Gasteiger partial charge is 0.254 e. The minimum atomic E-state index is -0.288. The maximum atomic E-state index is 13.0. The van der Waals surface area contributed by atoms with Gasteiger partial charge in [-0.1, -0.05) is 32.4 Å². The number of carbonyl (C=O) groups excluding carboxylic acids is 1. The van der Waals surface area contributed by atoms with E-state index in [1.54, 1.807) is 18.3 Å². The lowest BCUT2D eigenvalue weighted by atomic mass is 9.99. The van der Waals surface area contributed by atoms with Crippen molar-refractivity contribution in [3.05, 3.63) is 58.9 Å². The van der Waals surface area contributed by atoms with E-state index < -0.39 is 0 Å². The van der Waals surface area contributed by atoms with Crippen LogP contribution < -0.4 is 5.32 Å². The summed E-state index contributed by atoms with van der Waals surface area (Å²) in [5, 5.41) is 2.86. The Morgan fingerprint density at radius 1 is 1.29 bits per heavy atom. The average Bonchev–Trinajstić information content (AvgIpc) is 2.67. The number of hydrogen-bond donors (Lipinski definition) is 1. The summed E-state index contributed by atoms with van der Waals surface area (Å²) < 4.78 is 13.0. The van der Waals surface area contributed by atoms with E-state index in [9.17, 15) is 9.18 Å². The number of hydrogen-bond acceptors (Lipinski definition) is 4. The lowest BCUT2D eigenvalue weighted by Gasteiger charge is -2.35. The number of carbonyl (C=O) groups is 1. The molecule has 1 atom stereocenters. The third-order valence-electron chi connectivity index (χ3n) is 5.12. The second-order valence-electron chi connectivity index (χ2n) is 7.94. The lowest BCUT2D eigenvalue weighted by Crippen LogP contribution is -2.37. The van der Waals surface area contributed by atoms with Gasteiger partial charge in [0.1, 0.15) is 11.6 Å². The fourth-order valence-corrected chi connectivity index (χ4v) is 3.72. The minimum Gasteiger partial charge on any atom is -0.348 e. The van der Waals surface area contributed by atoms with Crippen LogP contribution in [0.3, 0.4) is 0 Å². The Bertz CT molecular complexity index is 807. The molecule has 0 bridgehead atoms. The number of benzene rings is 1. The number of aromatic nitrogens is 2. The van der Waals surface area contributed by atoms with Crippen LogP contribution in [-0.4, -0.2) is 33.9 Å². The summed E-state index contributed by atoms with van der Waals surface area (Å²) in [4.78, 5) is 24.2. The zero-order valence-corrected chi connectivity index (χ0v) is 16.9. The van der Waals surface area contributed by atoms with Gasteiger partial charge in [0.2, 0.25) is 0 Å². The number of halogens is 1. The van der Waals surface area contributed by atoms with Crippen LogP contribution in [0.15, 0.2) is 30.5 Å². The molecule has 0 unspecified atom stereocenters. The van der Waals surface area contributed by atoms with Crippen LogP contribution in [0.2, 0.25) is 0 Å². The van der Waals surface area contributed by atoms with Crippen molar-refractivity contribution < 1.29 is 9.18 Å². The molecule has 1 amide bonds. The molecular weight excluding hydrogens is 355 g/mol. The van der Waals surface area contributed by atoms with E-state index in [0.29, 0.717) is 23.7 Å². The summed E-state index contributed by atoms with van der Waals surface area (Å²) in [5.74, 6) is 0.909. The minimum absolute atomic E-state index is 0.212. The second kappa shape index (κ2) is 9.24. The van der Waals surface area contributed by atoms with Gasteiger partial charge in [0, 0.05) is 19.3 Å². The molecule has 1 fully saturated rings. The predicted molar refractivity (Wildman–Crippen MR) is 107 cm³/mol. The van der Waals surface area contributed by atoms with Gasteiger partial charge in [-0.05, 0) is 49.9 Å². The molecule has 0 radical (unpaired) electrons. The first kappa shape index (κ1) is 20.4. The number of rotatable bonds is 6. The van der Waals surface area contributed by atoms with E-state index in [1.807, 2.05) is 6.92 Å². The highest BCUT2D eigenvalue weighted by molar-refractivity contribution is 5.94. The highest BCUT2D eigenvalue weighted by Crippen LogP contribution is 2.29. The summed E-state index contributed by atoms with van der Waals surface area (Å²) in [6.45, 7) is 8.76. The Balaban J connectivity index is 1.68. The van der Waals surface area contributed by atoms with Crippen molar-refractivity contribution in [2.45, 2.75) is 52.6 Å². The predicted octanol–water partition coefficient (Wildman–Crippen LogP) is 4.04. The number of piperidine rings is 1. The van der Waals surface area contributed by atoms with Crippen LogP contribution in [-0.2, 0) is 6.54 Å². The molecule has 0 aliphatic carbocycles. The molecule has 0 spiro atoms. The van der Waals surface area contributed by atoms with Crippen molar-refractivity contribution in [3.8, 4) is 0 Å². The topological polar surface area (TPSA) is 58.1 Å². The Kier molecular flexibility index (Phi) is 6.73. The van der Waals surface area contributed by atoms with E-state index in [1.165, 1.54) is 25.0 Å². The molecule has 2 heterocycles. The molecule has 150 valence electrons. The normalized spacial score (nSPS) is 17.7. The molecule has 1 N–H and O–H groups in total. The fraction of sp³-hybridized carbons (Fsp3) is 0.500. The highest BCUT2D eigenvalue weighted by Gasteiger charge is 2.27. The van der Waals surface area contributed by atoms with Crippen LogP contribution in [0.25, 0.3) is 0 Å². The summed E-state index contributed by atoms with van der Waals surface area (Å²) >= 11 is 0. The standard InChI is InChI=1S/C22H29FN4O/c1-15(2)14-27-11-5-4-6-20(27)21-24-13-19(16(3)26-21)22(28)25-12-17-7-9-18(23)10-8-17/h7-10,13,15,20H,4-6,11-12,14H2,1-3H3,(H,25,28)/t20-/m1/s1. The maximum Gasteiger partial charge on any atom is 0.254 e. The first-order chi connectivity index (χ1) is 13.4. The van der Waals surface area contributed by atoms with Gasteiger partial charge in [-0.3, -0.25) is 9.69 Å². The molecule has 1 aliphatic heterocycles. The molecule has 1 aliphatic rings. The zero-order chi connectivity index (χ0) is 20.1. The molecule has 28 heavy (non-hydrogen) atoms. The fourth-order valence-electron chi connectivity index (χ4n) is 3.72. The molecule has 1 aromatic heterocycles. The lowest BCUT2D eigenvalue weighted by molar-refractivity contribution is 0.0948. The molecule has 1 aromatic carbocycles. The summed E-state index contributed by atoms with van der Waals surface area (Å²) in [5.41, 5.74) is 2.02. The molecule has 0 saturated carbocycles. The van der Waals surface area contributed by atoms with Gasteiger partial charge in [0.15, 0.2) is 0 Å². The van der Waals surface area contributed by atoms with Crippen molar-refractivity contribution in [2.75, 3.05) is 13.1 Å². The molecular formula is C22H29FN4O. The first-order valence-corrected chi connectivity index (χ1v) is 10.0. The number of aryl methyl sites for hydroxylation is 1. The Morgan fingerprint density at radius 3 is 2.71 bits per heavy atom. The van der Waals surface area contributed by atoms with Crippen molar-refractivity contribution in [1.29, 1.82) is 0 Å². The molecule has 2 aromatic rings. The summed E-state index contributed by atoms with van der Waals surface area (Å²) in [6.07, 6.45) is 5.09. The van der Waals surface area contributed by atoms with Crippen molar-refractivity contribution >= 4 is 5.91 Å². The van der Waals surface area contributed by atoms with Crippen molar-refractivity contribution in [3.63, 3.8) is 0 Å². The number of nitrogens with one attached hydrogen (secondary N) is 1. The molecule has 3 rings (SSSR count). The van der Waals surface area contributed by atoms with E-state index in [-0.39, 0.29) is 17.8 Å². The molecule has 1 saturated heterocycles. The van der Waals surface area contributed by atoms with Crippen molar-refractivity contribution in [1.82, 2.24) is 20.2 Å². The van der Waals surface area contributed by atoms with Gasteiger partial charge in [0.05, 0.1) is 17.3 Å². The van der Waals surface area contributed by atoms with Crippen LogP contribution >= 0.6 is 0 Å². The van der Waals surface area contributed by atoms with Crippen LogP contribution in [0.4, 0.5) is 4.39 Å². The monoisotopic (exact) mass is 384 g/mol. The van der Waals surface area contributed by atoms with Crippen LogP contribution in [0.1, 0.15) is 66.6 Å². The SMILES string of the molecule is Cc1nc([C@H]2CCCCN2CC(C)C)ncc1C(=O)NCc1ccc(F)cc1. The Labute approximate surface area is 166 Å². The van der Waals surface area contributed by atoms with Crippen LogP contribution in [0, 0.1) is 18.7 Å². The van der Waals surface area contributed by atoms with Gasteiger partial charge in [-0.2, -0.15) is 0 Å². The van der Waals surface area contributed by atoms with Crippen molar-refractivity contribution in [2.24, 2.45) is 5.92 Å². The Hall–Kier alpha value is -2.34. The molecule has 6 heteroatoms. The maximum absolute atomic E-state index is 13.0. The highest BCUT2D eigenvalue weighted by atomic mass is 19.1. The van der Waals surface area contributed by atoms with Gasteiger partial charge in [-0.15, -0.1) is 0 Å². The van der Waals surface area contributed by atoms with E-state index in [2.05, 4.69) is 34.0 Å². The van der Waals surface area contributed by atoms with Gasteiger partial charge in [0.25, 0.3) is 5.91 Å². The Morgan fingerprint density at radius 2 is 2.04 bits per heavy atom. The van der Waals surface area contributed by atoms with E-state index in [0.717, 1.165) is 30.9 Å². The molecule has 5 nitrogen and oxygen atoms in total. The third kappa shape index (κ3) is 5.13.